The maximum absolute atomic E-state index is 5.87. The summed E-state index contributed by atoms with van der Waals surface area (Å²) < 4.78 is 17.6. The Morgan fingerprint density at radius 3 is 1.95 bits per heavy atom. The van der Waals surface area contributed by atoms with Gasteiger partial charge in [0, 0.05) is 13.0 Å². The lowest BCUT2D eigenvalue weighted by Crippen LogP contribution is -2.41. The van der Waals surface area contributed by atoms with Crippen molar-refractivity contribution in [1.82, 2.24) is 0 Å². The van der Waals surface area contributed by atoms with Gasteiger partial charge in [0.2, 0.25) is 0 Å². The summed E-state index contributed by atoms with van der Waals surface area (Å²) in [4.78, 5) is 0. The molecule has 3 nitrogen and oxygen atoms in total. The molecule has 0 atom stereocenters. The first-order valence-electron chi connectivity index (χ1n) is 8.82. The van der Waals surface area contributed by atoms with E-state index < -0.39 is 5.79 Å². The third-order valence-corrected chi connectivity index (χ3v) is 3.52. The molecule has 0 aliphatic heterocycles. The fourth-order valence-electron chi connectivity index (χ4n) is 2.36. The zero-order valence-electron chi connectivity index (χ0n) is 14.8. The van der Waals surface area contributed by atoms with Crippen LogP contribution in [-0.2, 0) is 14.2 Å². The molecule has 0 N–H and O–H groups in total. The van der Waals surface area contributed by atoms with E-state index in [0.29, 0.717) is 19.8 Å². The van der Waals surface area contributed by atoms with Gasteiger partial charge in [0.1, 0.15) is 6.61 Å². The fraction of sp³-hybridized carbons (Fsp3) is 0.789. The van der Waals surface area contributed by atoms with Gasteiger partial charge in [-0.15, -0.1) is 13.2 Å². The Balaban J connectivity index is 4.08. The van der Waals surface area contributed by atoms with Crippen LogP contribution in [0.1, 0.15) is 65.2 Å². The summed E-state index contributed by atoms with van der Waals surface area (Å²) in [7, 11) is 0. The topological polar surface area (TPSA) is 27.7 Å². The van der Waals surface area contributed by atoms with Crippen LogP contribution in [0.2, 0.25) is 0 Å². The predicted molar refractivity (Wildman–Crippen MR) is 94.1 cm³/mol. The quantitative estimate of drug-likeness (QED) is 0.208. The molecule has 0 radical (unpaired) electrons. The summed E-state index contributed by atoms with van der Waals surface area (Å²) in [6.45, 7) is 14.0. The second kappa shape index (κ2) is 15.3. The molecule has 0 aliphatic carbocycles. The third kappa shape index (κ3) is 11.0. The Bertz CT molecular complexity index is 251. The van der Waals surface area contributed by atoms with Crippen LogP contribution in [-0.4, -0.2) is 32.2 Å². The Kier molecular flexibility index (Phi) is 14.8. The SMILES string of the molecule is C=CCOC(CCC)(COCCCCCCCC)OCC=C. The summed E-state index contributed by atoms with van der Waals surface area (Å²) in [6.07, 6.45) is 12.9. The highest BCUT2D eigenvalue weighted by atomic mass is 16.7. The normalized spacial score (nSPS) is 11.5. The van der Waals surface area contributed by atoms with E-state index >= 15 is 0 Å². The van der Waals surface area contributed by atoms with Gasteiger partial charge in [0.25, 0.3) is 0 Å². The molecule has 0 rings (SSSR count). The van der Waals surface area contributed by atoms with E-state index in [-0.39, 0.29) is 0 Å². The van der Waals surface area contributed by atoms with E-state index in [1.165, 1.54) is 32.1 Å². The Morgan fingerprint density at radius 2 is 1.41 bits per heavy atom. The average Bonchev–Trinajstić information content (AvgIpc) is 2.53. The molecule has 3 heteroatoms. The van der Waals surface area contributed by atoms with Crippen LogP contribution in [0.25, 0.3) is 0 Å². The second-order valence-electron chi connectivity index (χ2n) is 5.68. The molecule has 0 saturated heterocycles. The van der Waals surface area contributed by atoms with Crippen molar-refractivity contribution in [3.05, 3.63) is 25.3 Å². The van der Waals surface area contributed by atoms with E-state index in [4.69, 9.17) is 14.2 Å². The molecule has 0 fully saturated rings. The van der Waals surface area contributed by atoms with Gasteiger partial charge in [-0.25, -0.2) is 0 Å². The fourth-order valence-corrected chi connectivity index (χ4v) is 2.36. The molecule has 0 spiro atoms. The lowest BCUT2D eigenvalue weighted by Gasteiger charge is -2.32. The number of rotatable bonds is 17. The van der Waals surface area contributed by atoms with Gasteiger partial charge in [0.15, 0.2) is 5.79 Å². The van der Waals surface area contributed by atoms with Crippen molar-refractivity contribution in [1.29, 1.82) is 0 Å². The summed E-state index contributed by atoms with van der Waals surface area (Å²) in [5.41, 5.74) is 0. The Morgan fingerprint density at radius 1 is 0.818 bits per heavy atom. The molecule has 0 aromatic carbocycles. The lowest BCUT2D eigenvalue weighted by atomic mass is 10.1. The van der Waals surface area contributed by atoms with E-state index in [1.54, 1.807) is 12.2 Å². The molecule has 0 bridgehead atoms. The van der Waals surface area contributed by atoms with Crippen molar-refractivity contribution in [3.63, 3.8) is 0 Å². The predicted octanol–water partition coefficient (Wildman–Crippen LogP) is 5.27. The molecule has 0 amide bonds. The number of ether oxygens (including phenoxy) is 3. The van der Waals surface area contributed by atoms with Crippen molar-refractivity contribution in [2.75, 3.05) is 26.4 Å². The molecule has 130 valence electrons. The number of hydrogen-bond acceptors (Lipinski definition) is 3. The van der Waals surface area contributed by atoms with E-state index in [1.807, 2.05) is 0 Å². The van der Waals surface area contributed by atoms with E-state index in [9.17, 15) is 0 Å². The number of unbranched alkanes of at least 4 members (excludes halogenated alkanes) is 5. The van der Waals surface area contributed by atoms with Crippen LogP contribution in [0.3, 0.4) is 0 Å². The van der Waals surface area contributed by atoms with Crippen molar-refractivity contribution in [3.8, 4) is 0 Å². The molecular formula is C19H36O3. The summed E-state index contributed by atoms with van der Waals surface area (Å²) in [6, 6.07) is 0. The maximum atomic E-state index is 5.87. The third-order valence-electron chi connectivity index (χ3n) is 3.52. The summed E-state index contributed by atoms with van der Waals surface area (Å²) in [5.74, 6) is -0.667. The Labute approximate surface area is 137 Å². The Hall–Kier alpha value is -0.640. The van der Waals surface area contributed by atoms with Gasteiger partial charge < -0.3 is 14.2 Å². The van der Waals surface area contributed by atoms with Crippen LogP contribution in [0.5, 0.6) is 0 Å². The zero-order chi connectivity index (χ0) is 16.5. The van der Waals surface area contributed by atoms with Crippen LogP contribution >= 0.6 is 0 Å². The molecule has 0 heterocycles. The molecule has 0 saturated carbocycles. The van der Waals surface area contributed by atoms with Crippen molar-refractivity contribution < 1.29 is 14.2 Å². The molecule has 0 aliphatic rings. The van der Waals surface area contributed by atoms with E-state index in [0.717, 1.165) is 25.9 Å². The largest absolute Gasteiger partial charge is 0.376 e. The standard InChI is InChI=1S/C19H36O3/c1-5-9-10-11-12-13-17-20-18-19(14-6-2,21-15-7-3)22-16-8-4/h7-8H,3-6,9-18H2,1-2H3. The van der Waals surface area contributed by atoms with Crippen LogP contribution in [0, 0.1) is 0 Å². The minimum absolute atomic E-state index is 0.470. The molecule has 22 heavy (non-hydrogen) atoms. The highest BCUT2D eigenvalue weighted by molar-refractivity contribution is 4.76. The van der Waals surface area contributed by atoms with Gasteiger partial charge in [-0.1, -0.05) is 64.5 Å². The van der Waals surface area contributed by atoms with Crippen LogP contribution in [0.4, 0.5) is 0 Å². The van der Waals surface area contributed by atoms with Gasteiger partial charge >= 0.3 is 0 Å². The smallest absolute Gasteiger partial charge is 0.192 e. The minimum atomic E-state index is -0.667. The first-order chi connectivity index (χ1) is 10.7. The first-order valence-corrected chi connectivity index (χ1v) is 8.82. The van der Waals surface area contributed by atoms with Gasteiger partial charge in [-0.05, 0) is 6.42 Å². The van der Waals surface area contributed by atoms with Gasteiger partial charge in [-0.2, -0.15) is 0 Å². The van der Waals surface area contributed by atoms with E-state index in [2.05, 4.69) is 27.0 Å². The van der Waals surface area contributed by atoms with Crippen molar-refractivity contribution >= 4 is 0 Å². The monoisotopic (exact) mass is 312 g/mol. The van der Waals surface area contributed by atoms with Crippen LogP contribution in [0.15, 0.2) is 25.3 Å². The second-order valence-corrected chi connectivity index (χ2v) is 5.68. The van der Waals surface area contributed by atoms with Gasteiger partial charge in [-0.3, -0.25) is 0 Å². The molecule has 0 aromatic rings. The van der Waals surface area contributed by atoms with Crippen LogP contribution < -0.4 is 0 Å². The highest BCUT2D eigenvalue weighted by Gasteiger charge is 2.31. The molecule has 0 unspecified atom stereocenters. The average molecular weight is 312 g/mol. The van der Waals surface area contributed by atoms with Crippen molar-refractivity contribution in [2.45, 2.75) is 71.0 Å². The lowest BCUT2D eigenvalue weighted by molar-refractivity contribution is -0.255. The summed E-state index contributed by atoms with van der Waals surface area (Å²) >= 11 is 0. The summed E-state index contributed by atoms with van der Waals surface area (Å²) in [5, 5.41) is 0. The first kappa shape index (κ1) is 21.4. The highest BCUT2D eigenvalue weighted by Crippen LogP contribution is 2.21. The van der Waals surface area contributed by atoms with Crippen molar-refractivity contribution in [2.24, 2.45) is 0 Å². The molecule has 0 aromatic heterocycles. The minimum Gasteiger partial charge on any atom is -0.376 e. The number of hydrogen-bond donors (Lipinski definition) is 0. The van der Waals surface area contributed by atoms with Gasteiger partial charge in [0.05, 0.1) is 13.2 Å². The molecular weight excluding hydrogens is 276 g/mol. The maximum Gasteiger partial charge on any atom is 0.192 e. The zero-order valence-corrected chi connectivity index (χ0v) is 14.8.